The normalized spacial score (nSPS) is 11.1. The number of aromatic nitrogens is 2. The zero-order valence-corrected chi connectivity index (χ0v) is 19.2. The summed E-state index contributed by atoms with van der Waals surface area (Å²) in [6, 6.07) is 19.2. The molecule has 0 radical (unpaired) electrons. The maximum atomic E-state index is 12.9. The van der Waals surface area contributed by atoms with Crippen LogP contribution < -0.4 is 11.0 Å². The number of carbonyl (C=O) groups is 1. The zero-order valence-electron chi connectivity index (χ0n) is 16.8. The van der Waals surface area contributed by atoms with Crippen LogP contribution in [0.25, 0.3) is 11.0 Å². The van der Waals surface area contributed by atoms with Gasteiger partial charge in [-0.25, -0.2) is 4.79 Å². The van der Waals surface area contributed by atoms with Gasteiger partial charge in [-0.1, -0.05) is 45.4 Å². The minimum atomic E-state index is -0.200. The number of rotatable bonds is 4. The average Bonchev–Trinajstić information content (AvgIpc) is 2.94. The number of imidazole rings is 1. The third-order valence-corrected chi connectivity index (χ3v) is 6.57. The summed E-state index contributed by atoms with van der Waals surface area (Å²) in [5, 5.41) is 3.03. The Kier molecular flexibility index (Phi) is 5.58. The highest BCUT2D eigenvalue weighted by Crippen LogP contribution is 2.36. The lowest BCUT2D eigenvalue weighted by Gasteiger charge is -2.13. The van der Waals surface area contributed by atoms with Crippen LogP contribution in [-0.2, 0) is 14.1 Å². The molecule has 0 atom stereocenters. The maximum Gasteiger partial charge on any atom is 0.328 e. The molecule has 1 aromatic heterocycles. The van der Waals surface area contributed by atoms with Crippen LogP contribution in [-0.4, -0.2) is 15.0 Å². The van der Waals surface area contributed by atoms with Gasteiger partial charge < -0.3 is 5.32 Å². The molecule has 3 aromatic carbocycles. The van der Waals surface area contributed by atoms with Crippen LogP contribution in [0.15, 0.2) is 79.7 Å². The molecule has 0 saturated heterocycles. The van der Waals surface area contributed by atoms with Crippen molar-refractivity contribution < 1.29 is 4.79 Å². The van der Waals surface area contributed by atoms with Crippen molar-refractivity contribution in [3.05, 3.63) is 86.7 Å². The summed E-state index contributed by atoms with van der Waals surface area (Å²) < 4.78 is 4.12. The molecule has 0 unspecified atom stereocenters. The van der Waals surface area contributed by atoms with E-state index in [1.165, 1.54) is 5.56 Å². The predicted molar refractivity (Wildman–Crippen MR) is 126 cm³/mol. The molecule has 30 heavy (non-hydrogen) atoms. The monoisotopic (exact) mass is 481 g/mol. The van der Waals surface area contributed by atoms with Gasteiger partial charge in [0.15, 0.2) is 0 Å². The fourth-order valence-corrected chi connectivity index (χ4v) is 4.42. The quantitative estimate of drug-likeness (QED) is 0.427. The zero-order chi connectivity index (χ0) is 21.4. The summed E-state index contributed by atoms with van der Waals surface area (Å²) in [5.74, 6) is -0.200. The van der Waals surface area contributed by atoms with Gasteiger partial charge in [-0.2, -0.15) is 0 Å². The number of nitrogens with one attached hydrogen (secondary N) is 1. The molecule has 1 amide bonds. The first-order valence-electron chi connectivity index (χ1n) is 9.34. The Bertz CT molecular complexity index is 1310. The molecule has 152 valence electrons. The van der Waals surface area contributed by atoms with E-state index in [0.29, 0.717) is 11.3 Å². The molecule has 0 bridgehead atoms. The molecule has 1 N–H and O–H groups in total. The van der Waals surface area contributed by atoms with Crippen molar-refractivity contribution in [2.45, 2.75) is 16.7 Å². The number of carbonyl (C=O) groups excluding carboxylic acids is 1. The molecule has 0 aliphatic heterocycles. The second-order valence-electron chi connectivity index (χ2n) is 7.11. The second-order valence-corrected chi connectivity index (χ2v) is 9.14. The molecule has 0 fully saturated rings. The smallest absolute Gasteiger partial charge is 0.321 e. The highest BCUT2D eigenvalue weighted by Gasteiger charge is 2.16. The fourth-order valence-electron chi connectivity index (χ4n) is 3.24. The van der Waals surface area contributed by atoms with Crippen molar-refractivity contribution >= 4 is 50.3 Å². The minimum absolute atomic E-state index is 0.104. The molecule has 0 aliphatic rings. The number of hydrogen-bond donors (Lipinski definition) is 1. The largest absolute Gasteiger partial charge is 0.328 e. The Morgan fingerprint density at radius 2 is 1.53 bits per heavy atom. The van der Waals surface area contributed by atoms with Gasteiger partial charge in [-0.3, -0.25) is 13.9 Å². The van der Waals surface area contributed by atoms with Gasteiger partial charge in [-0.15, -0.1) is 0 Å². The van der Waals surface area contributed by atoms with Crippen LogP contribution in [0.3, 0.4) is 0 Å². The van der Waals surface area contributed by atoms with Gasteiger partial charge in [-0.05, 0) is 55.5 Å². The third-order valence-electron chi connectivity index (χ3n) is 4.98. The second kappa shape index (κ2) is 8.16. The summed E-state index contributed by atoms with van der Waals surface area (Å²) >= 11 is 4.94. The van der Waals surface area contributed by atoms with Crippen molar-refractivity contribution in [2.24, 2.45) is 14.1 Å². The van der Waals surface area contributed by atoms with Gasteiger partial charge in [0.05, 0.1) is 16.7 Å². The lowest BCUT2D eigenvalue weighted by Crippen LogP contribution is -2.19. The van der Waals surface area contributed by atoms with Crippen LogP contribution in [0.2, 0.25) is 0 Å². The molecule has 4 rings (SSSR count). The SMILES string of the molecule is Cc1ccc(Sc2cc3c(cc2NC(=O)c2ccc(Br)cc2)n(C)c(=O)n3C)cc1. The summed E-state index contributed by atoms with van der Waals surface area (Å²) in [6.45, 7) is 2.05. The lowest BCUT2D eigenvalue weighted by atomic mass is 10.2. The van der Waals surface area contributed by atoms with Crippen LogP contribution in [0.1, 0.15) is 15.9 Å². The van der Waals surface area contributed by atoms with Gasteiger partial charge >= 0.3 is 5.69 Å². The minimum Gasteiger partial charge on any atom is -0.321 e. The van der Waals surface area contributed by atoms with Crippen molar-refractivity contribution in [1.29, 1.82) is 0 Å². The van der Waals surface area contributed by atoms with Crippen LogP contribution in [0.4, 0.5) is 5.69 Å². The Morgan fingerprint density at radius 3 is 2.17 bits per heavy atom. The van der Waals surface area contributed by atoms with E-state index in [4.69, 9.17) is 0 Å². The number of halogens is 1. The number of aryl methyl sites for hydroxylation is 3. The van der Waals surface area contributed by atoms with Gasteiger partial charge in [0.2, 0.25) is 0 Å². The van der Waals surface area contributed by atoms with Crippen molar-refractivity contribution in [3.63, 3.8) is 0 Å². The van der Waals surface area contributed by atoms with Gasteiger partial charge in [0, 0.05) is 33.9 Å². The van der Waals surface area contributed by atoms with E-state index in [2.05, 4.69) is 45.5 Å². The Hall–Kier alpha value is -2.77. The first kappa shape index (κ1) is 20.5. The molecular weight excluding hydrogens is 462 g/mol. The summed E-state index contributed by atoms with van der Waals surface area (Å²) in [5.41, 5.74) is 3.89. The summed E-state index contributed by atoms with van der Waals surface area (Å²) in [4.78, 5) is 27.2. The molecule has 5 nitrogen and oxygen atoms in total. The maximum absolute atomic E-state index is 12.9. The predicted octanol–water partition coefficient (Wildman–Crippen LogP) is 5.35. The lowest BCUT2D eigenvalue weighted by molar-refractivity contribution is 0.102. The van der Waals surface area contributed by atoms with Crippen molar-refractivity contribution in [1.82, 2.24) is 9.13 Å². The highest BCUT2D eigenvalue weighted by atomic mass is 79.9. The van der Waals surface area contributed by atoms with Crippen LogP contribution >= 0.6 is 27.7 Å². The van der Waals surface area contributed by atoms with E-state index < -0.39 is 0 Å². The van der Waals surface area contributed by atoms with E-state index >= 15 is 0 Å². The third kappa shape index (κ3) is 3.95. The number of anilines is 1. The van der Waals surface area contributed by atoms with Crippen molar-refractivity contribution in [2.75, 3.05) is 5.32 Å². The Labute approximate surface area is 186 Å². The molecule has 0 spiro atoms. The number of nitrogens with zero attached hydrogens (tertiary/aromatic N) is 2. The molecule has 7 heteroatoms. The molecule has 1 heterocycles. The molecule has 0 saturated carbocycles. The van der Waals surface area contributed by atoms with Gasteiger partial charge in [0.25, 0.3) is 5.91 Å². The van der Waals surface area contributed by atoms with E-state index in [-0.39, 0.29) is 11.6 Å². The van der Waals surface area contributed by atoms with Gasteiger partial charge in [0.1, 0.15) is 0 Å². The highest BCUT2D eigenvalue weighted by molar-refractivity contribution is 9.10. The van der Waals surface area contributed by atoms with Crippen LogP contribution in [0.5, 0.6) is 0 Å². The van der Waals surface area contributed by atoms with E-state index in [9.17, 15) is 9.59 Å². The van der Waals surface area contributed by atoms with Crippen molar-refractivity contribution in [3.8, 4) is 0 Å². The average molecular weight is 482 g/mol. The summed E-state index contributed by atoms with van der Waals surface area (Å²) in [6.07, 6.45) is 0. The van der Waals surface area contributed by atoms with E-state index in [1.807, 2.05) is 31.2 Å². The van der Waals surface area contributed by atoms with Crippen LogP contribution in [0, 0.1) is 6.92 Å². The van der Waals surface area contributed by atoms with E-state index in [1.54, 1.807) is 47.1 Å². The number of fused-ring (bicyclic) bond motifs is 1. The first-order chi connectivity index (χ1) is 14.3. The fraction of sp³-hybridized carbons (Fsp3) is 0.130. The molecular formula is C23H20BrN3O2S. The number of benzene rings is 3. The number of amides is 1. The molecule has 4 aromatic rings. The Morgan fingerprint density at radius 1 is 0.933 bits per heavy atom. The topological polar surface area (TPSA) is 56.0 Å². The van der Waals surface area contributed by atoms with E-state index in [0.717, 1.165) is 25.3 Å². The first-order valence-corrected chi connectivity index (χ1v) is 11.0. The number of hydrogen-bond acceptors (Lipinski definition) is 3. The molecule has 0 aliphatic carbocycles. The Balaban J connectivity index is 1.79. The standard InChI is InChI=1S/C23H20BrN3O2S/c1-14-4-10-17(11-5-14)30-21-13-20-19(26(2)23(29)27(20)3)12-18(21)25-22(28)15-6-8-16(24)9-7-15/h4-13H,1-3H3,(H,25,28). The summed E-state index contributed by atoms with van der Waals surface area (Å²) in [7, 11) is 3.49.